The largest absolute Gasteiger partial charge is 0.323 e. The Labute approximate surface area is 116 Å². The SMILES string of the molecule is CCc1ccc(C(N)CSC2CCCCC2)cc1. The fourth-order valence-corrected chi connectivity index (χ4v) is 3.91. The van der Waals surface area contributed by atoms with Gasteiger partial charge in [0.2, 0.25) is 0 Å². The maximum Gasteiger partial charge on any atom is 0.0386 e. The molecule has 0 spiro atoms. The van der Waals surface area contributed by atoms with Crippen LogP contribution < -0.4 is 5.73 Å². The first kappa shape index (κ1) is 14.0. The Hall–Kier alpha value is -0.470. The molecule has 1 saturated carbocycles. The van der Waals surface area contributed by atoms with E-state index < -0.39 is 0 Å². The van der Waals surface area contributed by atoms with E-state index >= 15 is 0 Å². The second-order valence-electron chi connectivity index (χ2n) is 5.29. The van der Waals surface area contributed by atoms with Gasteiger partial charge in [0.25, 0.3) is 0 Å². The Morgan fingerprint density at radius 2 is 1.83 bits per heavy atom. The quantitative estimate of drug-likeness (QED) is 0.856. The molecule has 1 unspecified atom stereocenters. The molecular formula is C16H25NS. The predicted molar refractivity (Wildman–Crippen MR) is 82.1 cm³/mol. The first-order valence-corrected chi connectivity index (χ1v) is 8.30. The van der Waals surface area contributed by atoms with Crippen LogP contribution in [0.4, 0.5) is 0 Å². The first-order valence-electron chi connectivity index (χ1n) is 7.25. The van der Waals surface area contributed by atoms with Gasteiger partial charge in [0, 0.05) is 17.0 Å². The van der Waals surface area contributed by atoms with Crippen LogP contribution in [0.3, 0.4) is 0 Å². The highest BCUT2D eigenvalue weighted by atomic mass is 32.2. The van der Waals surface area contributed by atoms with Gasteiger partial charge in [0.1, 0.15) is 0 Å². The summed E-state index contributed by atoms with van der Waals surface area (Å²) in [4.78, 5) is 0. The fraction of sp³-hybridized carbons (Fsp3) is 0.625. The van der Waals surface area contributed by atoms with Crippen molar-refractivity contribution in [1.29, 1.82) is 0 Å². The normalized spacial score (nSPS) is 18.8. The minimum atomic E-state index is 0.197. The van der Waals surface area contributed by atoms with Crippen LogP contribution in [-0.4, -0.2) is 11.0 Å². The van der Waals surface area contributed by atoms with Crippen molar-refractivity contribution in [3.63, 3.8) is 0 Å². The van der Waals surface area contributed by atoms with Gasteiger partial charge >= 0.3 is 0 Å². The van der Waals surface area contributed by atoms with Gasteiger partial charge in [-0.1, -0.05) is 50.5 Å². The predicted octanol–water partition coefficient (Wildman–Crippen LogP) is 4.31. The molecule has 0 amide bonds. The minimum Gasteiger partial charge on any atom is -0.323 e. The second-order valence-corrected chi connectivity index (χ2v) is 6.63. The van der Waals surface area contributed by atoms with Crippen molar-refractivity contribution >= 4 is 11.8 Å². The molecule has 18 heavy (non-hydrogen) atoms. The standard InChI is InChI=1S/C16H25NS/c1-2-13-8-10-14(11-9-13)16(17)12-18-15-6-4-3-5-7-15/h8-11,15-16H,2-7,12,17H2,1H3. The van der Waals surface area contributed by atoms with E-state index in [1.807, 2.05) is 0 Å². The lowest BCUT2D eigenvalue weighted by Gasteiger charge is -2.22. The third kappa shape index (κ3) is 4.03. The van der Waals surface area contributed by atoms with Gasteiger partial charge in [-0.05, 0) is 30.4 Å². The maximum atomic E-state index is 6.28. The summed E-state index contributed by atoms with van der Waals surface area (Å²) in [6, 6.07) is 9.01. The smallest absolute Gasteiger partial charge is 0.0386 e. The molecule has 0 radical (unpaired) electrons. The number of aryl methyl sites for hydroxylation is 1. The summed E-state index contributed by atoms with van der Waals surface area (Å²) in [5.74, 6) is 1.07. The molecule has 0 aromatic heterocycles. The summed E-state index contributed by atoms with van der Waals surface area (Å²) < 4.78 is 0. The zero-order chi connectivity index (χ0) is 12.8. The van der Waals surface area contributed by atoms with Gasteiger partial charge in [0.05, 0.1) is 0 Å². The summed E-state index contributed by atoms with van der Waals surface area (Å²) in [5, 5.41) is 0.861. The van der Waals surface area contributed by atoms with Crippen LogP contribution in [-0.2, 0) is 6.42 Å². The zero-order valence-electron chi connectivity index (χ0n) is 11.4. The Bertz CT molecular complexity index is 341. The van der Waals surface area contributed by atoms with Crippen molar-refractivity contribution in [2.75, 3.05) is 5.75 Å². The van der Waals surface area contributed by atoms with Crippen LogP contribution in [0, 0.1) is 0 Å². The molecule has 1 aliphatic rings. The molecule has 1 fully saturated rings. The van der Waals surface area contributed by atoms with E-state index in [2.05, 4.69) is 43.0 Å². The monoisotopic (exact) mass is 263 g/mol. The molecular weight excluding hydrogens is 238 g/mol. The molecule has 1 aromatic carbocycles. The Balaban J connectivity index is 1.80. The highest BCUT2D eigenvalue weighted by Gasteiger charge is 2.15. The van der Waals surface area contributed by atoms with Gasteiger partial charge in [-0.2, -0.15) is 11.8 Å². The molecule has 0 aliphatic heterocycles. The second kappa shape index (κ2) is 7.20. The number of rotatable bonds is 5. The van der Waals surface area contributed by atoms with Gasteiger partial charge in [-0.25, -0.2) is 0 Å². The van der Waals surface area contributed by atoms with E-state index in [0.29, 0.717) is 0 Å². The van der Waals surface area contributed by atoms with Crippen molar-refractivity contribution in [2.24, 2.45) is 5.73 Å². The molecule has 2 N–H and O–H groups in total. The summed E-state index contributed by atoms with van der Waals surface area (Å²) in [6.07, 6.45) is 8.16. The topological polar surface area (TPSA) is 26.0 Å². The average Bonchev–Trinajstić information content (AvgIpc) is 2.46. The summed E-state index contributed by atoms with van der Waals surface area (Å²) in [6.45, 7) is 2.19. The molecule has 1 atom stereocenters. The lowest BCUT2D eigenvalue weighted by Crippen LogP contribution is -2.17. The third-order valence-electron chi connectivity index (χ3n) is 3.88. The lowest BCUT2D eigenvalue weighted by molar-refractivity contribution is 0.515. The van der Waals surface area contributed by atoms with Gasteiger partial charge in [-0.3, -0.25) is 0 Å². The van der Waals surface area contributed by atoms with Crippen molar-refractivity contribution < 1.29 is 0 Å². The van der Waals surface area contributed by atoms with Crippen LogP contribution >= 0.6 is 11.8 Å². The van der Waals surface area contributed by atoms with E-state index in [0.717, 1.165) is 17.4 Å². The van der Waals surface area contributed by atoms with Crippen LogP contribution in [0.15, 0.2) is 24.3 Å². The van der Waals surface area contributed by atoms with Gasteiger partial charge in [-0.15, -0.1) is 0 Å². The fourth-order valence-electron chi connectivity index (χ4n) is 2.57. The summed E-state index contributed by atoms with van der Waals surface area (Å²) in [5.41, 5.74) is 8.96. The van der Waals surface area contributed by atoms with Gasteiger partial charge < -0.3 is 5.73 Å². The van der Waals surface area contributed by atoms with Crippen molar-refractivity contribution in [2.45, 2.75) is 56.7 Å². The Kier molecular flexibility index (Phi) is 5.58. The van der Waals surface area contributed by atoms with Crippen LogP contribution in [0.1, 0.15) is 56.2 Å². The molecule has 1 aliphatic carbocycles. The van der Waals surface area contributed by atoms with Crippen LogP contribution in [0.2, 0.25) is 0 Å². The number of benzene rings is 1. The van der Waals surface area contributed by atoms with Gasteiger partial charge in [0.15, 0.2) is 0 Å². The maximum absolute atomic E-state index is 6.28. The molecule has 1 nitrogen and oxygen atoms in total. The molecule has 1 aromatic rings. The van der Waals surface area contributed by atoms with E-state index in [1.54, 1.807) is 0 Å². The highest BCUT2D eigenvalue weighted by Crippen LogP contribution is 2.30. The number of hydrogen-bond donors (Lipinski definition) is 1. The van der Waals surface area contributed by atoms with E-state index in [4.69, 9.17) is 5.73 Å². The average molecular weight is 263 g/mol. The third-order valence-corrected chi connectivity index (χ3v) is 5.37. The molecule has 100 valence electrons. The molecule has 2 rings (SSSR count). The lowest BCUT2D eigenvalue weighted by atomic mass is 10.0. The molecule has 2 heteroatoms. The summed E-state index contributed by atoms with van der Waals surface area (Å²) >= 11 is 2.09. The van der Waals surface area contributed by atoms with Crippen molar-refractivity contribution in [1.82, 2.24) is 0 Å². The highest BCUT2D eigenvalue weighted by molar-refractivity contribution is 7.99. The number of nitrogens with two attached hydrogens (primary N) is 1. The van der Waals surface area contributed by atoms with E-state index in [-0.39, 0.29) is 6.04 Å². The van der Waals surface area contributed by atoms with E-state index in [1.165, 1.54) is 43.2 Å². The zero-order valence-corrected chi connectivity index (χ0v) is 12.2. The van der Waals surface area contributed by atoms with E-state index in [9.17, 15) is 0 Å². The number of hydrogen-bond acceptors (Lipinski definition) is 2. The van der Waals surface area contributed by atoms with Crippen molar-refractivity contribution in [3.05, 3.63) is 35.4 Å². The molecule has 0 heterocycles. The Morgan fingerprint density at radius 1 is 1.17 bits per heavy atom. The van der Waals surface area contributed by atoms with Crippen LogP contribution in [0.5, 0.6) is 0 Å². The van der Waals surface area contributed by atoms with Crippen LogP contribution in [0.25, 0.3) is 0 Å². The Morgan fingerprint density at radius 3 is 2.44 bits per heavy atom. The first-order chi connectivity index (χ1) is 8.79. The minimum absolute atomic E-state index is 0.197. The molecule has 0 saturated heterocycles. The molecule has 0 bridgehead atoms. The van der Waals surface area contributed by atoms with Crippen molar-refractivity contribution in [3.8, 4) is 0 Å². The summed E-state index contributed by atoms with van der Waals surface area (Å²) in [7, 11) is 0. The number of thioether (sulfide) groups is 1.